The number of hydrogen-bond donors (Lipinski definition) is 2. The number of rotatable bonds is 3. The fourth-order valence-corrected chi connectivity index (χ4v) is 1.05. The van der Waals surface area contributed by atoms with Gasteiger partial charge in [-0.1, -0.05) is 13.8 Å². The van der Waals surface area contributed by atoms with Gasteiger partial charge in [-0.05, 0) is 18.1 Å². The third kappa shape index (κ3) is 2.71. The summed E-state index contributed by atoms with van der Waals surface area (Å²) >= 11 is 0. The fraction of sp³-hybridized carbons (Fsp3) is 0.375. The van der Waals surface area contributed by atoms with Crippen LogP contribution in [0.1, 0.15) is 25.5 Å². The van der Waals surface area contributed by atoms with E-state index in [0.29, 0.717) is 5.75 Å². The second-order valence-electron chi connectivity index (χ2n) is 2.99. The summed E-state index contributed by atoms with van der Waals surface area (Å²) in [4.78, 5) is 4.08. The molecular weight excluding hydrogens is 169 g/mol. The van der Waals surface area contributed by atoms with Crippen molar-refractivity contribution in [2.75, 3.05) is 0 Å². The van der Waals surface area contributed by atoms with E-state index in [2.05, 4.69) is 4.98 Å². The molecule has 0 radical (unpaired) electrons. The highest BCUT2D eigenvalue weighted by Crippen LogP contribution is 2.23. The highest BCUT2D eigenvalue weighted by atomic mass is 16.6. The van der Waals surface area contributed by atoms with Gasteiger partial charge in [0.1, 0.15) is 5.75 Å². The summed E-state index contributed by atoms with van der Waals surface area (Å²) in [5, 5.41) is 17.2. The lowest BCUT2D eigenvalue weighted by Crippen LogP contribution is -2.21. The van der Waals surface area contributed by atoms with E-state index in [1.165, 1.54) is 0 Å². The van der Waals surface area contributed by atoms with E-state index in [4.69, 9.17) is 14.7 Å². The van der Waals surface area contributed by atoms with Crippen molar-refractivity contribution < 1.29 is 14.7 Å². The minimum Gasteiger partial charge on any atom is -0.510 e. The lowest BCUT2D eigenvalue weighted by Gasteiger charge is -2.11. The summed E-state index contributed by atoms with van der Waals surface area (Å²) in [6.07, 6.45) is 1.64. The first-order valence-corrected chi connectivity index (χ1v) is 4.09. The molecule has 0 fully saturated rings. The monoisotopic (exact) mass is 181 g/mol. The van der Waals surface area contributed by atoms with Gasteiger partial charge < -0.3 is 14.7 Å². The molecule has 0 saturated carbocycles. The zero-order valence-corrected chi connectivity index (χ0v) is 7.64. The van der Waals surface area contributed by atoms with Crippen molar-refractivity contribution in [3.8, 4) is 5.75 Å². The van der Waals surface area contributed by atoms with E-state index in [-0.39, 0.29) is 5.92 Å². The molecule has 4 nitrogen and oxygen atoms in total. The lowest BCUT2D eigenvalue weighted by molar-refractivity contribution is 0.285. The van der Waals surface area contributed by atoms with Crippen molar-refractivity contribution in [1.82, 2.24) is 4.98 Å². The van der Waals surface area contributed by atoms with Gasteiger partial charge in [0.05, 0.1) is 5.69 Å². The second-order valence-corrected chi connectivity index (χ2v) is 2.99. The smallest absolute Gasteiger partial charge is 0.510 e. The second kappa shape index (κ2) is 4.25. The molecule has 0 aliphatic rings. The molecule has 0 aromatic carbocycles. The van der Waals surface area contributed by atoms with Crippen LogP contribution in [0.2, 0.25) is 0 Å². The van der Waals surface area contributed by atoms with Crippen LogP contribution in [-0.2, 0) is 0 Å². The third-order valence-corrected chi connectivity index (χ3v) is 1.58. The first-order valence-electron chi connectivity index (χ1n) is 4.09. The first-order chi connectivity index (χ1) is 6.11. The Morgan fingerprint density at radius 2 is 2.15 bits per heavy atom. The van der Waals surface area contributed by atoms with Crippen LogP contribution in [0.3, 0.4) is 0 Å². The van der Waals surface area contributed by atoms with Gasteiger partial charge >= 0.3 is 7.32 Å². The zero-order chi connectivity index (χ0) is 9.84. The van der Waals surface area contributed by atoms with Crippen molar-refractivity contribution >= 4 is 7.32 Å². The summed E-state index contributed by atoms with van der Waals surface area (Å²) in [5.74, 6) is 0.599. The summed E-state index contributed by atoms with van der Waals surface area (Å²) in [6.45, 7) is 3.91. The Morgan fingerprint density at radius 3 is 2.69 bits per heavy atom. The number of pyridine rings is 1. The SMILES string of the molecule is CC(C)c1ncccc1OB(O)O. The van der Waals surface area contributed by atoms with Gasteiger partial charge in [-0.2, -0.15) is 0 Å². The van der Waals surface area contributed by atoms with Crippen LogP contribution < -0.4 is 4.65 Å². The Hall–Kier alpha value is -1.07. The molecule has 0 aliphatic heterocycles. The van der Waals surface area contributed by atoms with E-state index in [0.717, 1.165) is 5.69 Å². The van der Waals surface area contributed by atoms with E-state index < -0.39 is 7.32 Å². The average molecular weight is 181 g/mol. The van der Waals surface area contributed by atoms with Gasteiger partial charge in [-0.3, -0.25) is 4.98 Å². The minimum absolute atomic E-state index is 0.190. The van der Waals surface area contributed by atoms with Crippen LogP contribution in [0, 0.1) is 0 Å². The van der Waals surface area contributed by atoms with E-state index in [9.17, 15) is 0 Å². The van der Waals surface area contributed by atoms with Crippen LogP contribution in [0.15, 0.2) is 18.3 Å². The molecular formula is C8H12BNO3. The summed E-state index contributed by atoms with van der Waals surface area (Å²) in [6, 6.07) is 3.34. The normalized spacial score (nSPS) is 10.2. The number of nitrogens with zero attached hydrogens (tertiary/aromatic N) is 1. The van der Waals surface area contributed by atoms with Crippen LogP contribution in [0.4, 0.5) is 0 Å². The van der Waals surface area contributed by atoms with Crippen LogP contribution in [0.25, 0.3) is 0 Å². The number of hydrogen-bond acceptors (Lipinski definition) is 4. The summed E-state index contributed by atoms with van der Waals surface area (Å²) in [5.41, 5.74) is 0.718. The molecule has 1 aromatic rings. The molecule has 70 valence electrons. The van der Waals surface area contributed by atoms with E-state index in [1.54, 1.807) is 18.3 Å². The van der Waals surface area contributed by atoms with E-state index in [1.807, 2.05) is 13.8 Å². The summed E-state index contributed by atoms with van der Waals surface area (Å²) < 4.78 is 4.76. The molecule has 0 spiro atoms. The van der Waals surface area contributed by atoms with Gasteiger partial charge in [-0.25, -0.2) is 0 Å². The maximum atomic E-state index is 8.62. The Balaban J connectivity index is 2.91. The predicted molar refractivity (Wildman–Crippen MR) is 49.1 cm³/mol. The average Bonchev–Trinajstić information content (AvgIpc) is 2.03. The zero-order valence-electron chi connectivity index (χ0n) is 7.64. The van der Waals surface area contributed by atoms with Gasteiger partial charge in [0, 0.05) is 6.20 Å². The molecule has 0 atom stereocenters. The van der Waals surface area contributed by atoms with Gasteiger partial charge in [0.15, 0.2) is 0 Å². The van der Waals surface area contributed by atoms with Crippen molar-refractivity contribution in [2.45, 2.75) is 19.8 Å². The van der Waals surface area contributed by atoms with Gasteiger partial charge in [0.2, 0.25) is 0 Å². The molecule has 13 heavy (non-hydrogen) atoms. The lowest BCUT2D eigenvalue weighted by atomic mass is 10.1. The molecule has 5 heteroatoms. The standard InChI is InChI=1S/C8H12BNO3/c1-6(2)8-7(13-9(11)12)4-3-5-10-8/h3-6,11-12H,1-2H3. The highest BCUT2D eigenvalue weighted by molar-refractivity contribution is 6.33. The maximum Gasteiger partial charge on any atom is 0.707 e. The molecule has 0 amide bonds. The Bertz CT molecular complexity index is 278. The molecule has 0 unspecified atom stereocenters. The van der Waals surface area contributed by atoms with Crippen molar-refractivity contribution in [3.05, 3.63) is 24.0 Å². The van der Waals surface area contributed by atoms with Gasteiger partial charge in [0.25, 0.3) is 0 Å². The molecule has 0 saturated heterocycles. The minimum atomic E-state index is -1.79. The molecule has 2 N–H and O–H groups in total. The largest absolute Gasteiger partial charge is 0.707 e. The van der Waals surface area contributed by atoms with E-state index >= 15 is 0 Å². The molecule has 0 bridgehead atoms. The van der Waals surface area contributed by atoms with Crippen molar-refractivity contribution in [3.63, 3.8) is 0 Å². The quantitative estimate of drug-likeness (QED) is 0.668. The topological polar surface area (TPSA) is 62.6 Å². The van der Waals surface area contributed by atoms with Crippen LogP contribution >= 0.6 is 0 Å². The predicted octanol–water partition coefficient (Wildman–Crippen LogP) is 0.553. The Morgan fingerprint density at radius 1 is 1.46 bits per heavy atom. The summed E-state index contributed by atoms with van der Waals surface area (Å²) in [7, 11) is -1.79. The van der Waals surface area contributed by atoms with Crippen LogP contribution in [-0.4, -0.2) is 22.4 Å². The molecule has 1 heterocycles. The van der Waals surface area contributed by atoms with Crippen molar-refractivity contribution in [1.29, 1.82) is 0 Å². The number of aromatic nitrogens is 1. The van der Waals surface area contributed by atoms with Gasteiger partial charge in [-0.15, -0.1) is 0 Å². The van der Waals surface area contributed by atoms with Crippen LogP contribution in [0.5, 0.6) is 5.75 Å². The Kier molecular flexibility index (Phi) is 3.28. The molecule has 0 aliphatic carbocycles. The fourth-order valence-electron chi connectivity index (χ4n) is 1.05. The van der Waals surface area contributed by atoms with Crippen molar-refractivity contribution in [2.24, 2.45) is 0 Å². The molecule has 1 rings (SSSR count). The third-order valence-electron chi connectivity index (χ3n) is 1.58. The highest BCUT2D eigenvalue weighted by Gasteiger charge is 2.15. The Labute approximate surface area is 77.4 Å². The molecule has 1 aromatic heterocycles. The first kappa shape index (κ1) is 10.0. The maximum absolute atomic E-state index is 8.62.